The number of amides is 2. The zero-order valence-corrected chi connectivity index (χ0v) is 15.7. The van der Waals surface area contributed by atoms with E-state index in [2.05, 4.69) is 0 Å². The van der Waals surface area contributed by atoms with E-state index in [-0.39, 0.29) is 10.8 Å². The van der Waals surface area contributed by atoms with Crippen LogP contribution >= 0.6 is 0 Å². The number of rotatable bonds is 5. The Balaban J connectivity index is 1.66. The molecule has 0 unspecified atom stereocenters. The Hall–Kier alpha value is -2.93. The lowest BCUT2D eigenvalue weighted by molar-refractivity contribution is -0.117. The molecule has 0 radical (unpaired) electrons. The van der Waals surface area contributed by atoms with Gasteiger partial charge in [0.25, 0.3) is 15.9 Å². The molecule has 6 nitrogen and oxygen atoms in total. The Morgan fingerprint density at radius 1 is 1.11 bits per heavy atom. The fraction of sp³-hybridized carbons (Fsp3) is 0.200. The fourth-order valence-electron chi connectivity index (χ4n) is 2.94. The van der Waals surface area contributed by atoms with Crippen LogP contribution in [-0.4, -0.2) is 26.8 Å². The van der Waals surface area contributed by atoms with Crippen LogP contribution in [0.15, 0.2) is 59.5 Å². The molecule has 0 atom stereocenters. The van der Waals surface area contributed by atoms with Crippen molar-refractivity contribution in [2.45, 2.75) is 24.7 Å². The molecule has 2 aromatic rings. The van der Waals surface area contributed by atoms with E-state index < -0.39 is 15.9 Å². The smallest absolute Gasteiger partial charge is 0.264 e. The van der Waals surface area contributed by atoms with E-state index in [9.17, 15) is 18.0 Å². The van der Waals surface area contributed by atoms with Gasteiger partial charge < -0.3 is 4.90 Å². The molecule has 7 heteroatoms. The van der Waals surface area contributed by atoms with Crippen molar-refractivity contribution in [2.75, 3.05) is 11.4 Å². The Bertz CT molecular complexity index is 995. The number of aryl methyl sites for hydroxylation is 1. The Labute approximate surface area is 158 Å². The first-order valence-corrected chi connectivity index (χ1v) is 10.1. The Morgan fingerprint density at radius 2 is 1.81 bits per heavy atom. The van der Waals surface area contributed by atoms with Crippen LogP contribution in [0, 0.1) is 6.92 Å². The van der Waals surface area contributed by atoms with E-state index >= 15 is 0 Å². The Kier molecular flexibility index (Phi) is 5.41. The molecule has 1 saturated heterocycles. The predicted octanol–water partition coefficient (Wildman–Crippen LogP) is 2.64. The number of nitrogens with one attached hydrogen (secondary N) is 1. The highest BCUT2D eigenvalue weighted by Gasteiger charge is 2.21. The van der Waals surface area contributed by atoms with E-state index in [1.807, 2.05) is 16.9 Å². The second-order valence-electron chi connectivity index (χ2n) is 6.31. The summed E-state index contributed by atoms with van der Waals surface area (Å²) in [5.41, 5.74) is 2.11. The van der Waals surface area contributed by atoms with E-state index in [4.69, 9.17) is 0 Å². The molecule has 1 aliphatic heterocycles. The maximum Gasteiger partial charge on any atom is 0.264 e. The minimum Gasteiger partial charge on any atom is -0.312 e. The van der Waals surface area contributed by atoms with Crippen LogP contribution in [0.5, 0.6) is 0 Å². The predicted molar refractivity (Wildman–Crippen MR) is 104 cm³/mol. The maximum atomic E-state index is 12.3. The molecule has 0 saturated carbocycles. The van der Waals surface area contributed by atoms with Crippen LogP contribution < -0.4 is 9.62 Å². The van der Waals surface area contributed by atoms with Crippen molar-refractivity contribution in [3.05, 3.63) is 65.7 Å². The SMILES string of the molecule is Cc1ccccc1S(=O)(=O)NC(=O)/C=C/c1ccc(N2CCCC2=O)cc1. The minimum absolute atomic E-state index is 0.0754. The Morgan fingerprint density at radius 3 is 2.44 bits per heavy atom. The summed E-state index contributed by atoms with van der Waals surface area (Å²) >= 11 is 0. The number of hydrogen-bond donors (Lipinski definition) is 1. The largest absolute Gasteiger partial charge is 0.312 e. The minimum atomic E-state index is -3.91. The lowest BCUT2D eigenvalue weighted by Crippen LogP contribution is -2.29. The van der Waals surface area contributed by atoms with Crippen LogP contribution in [0.4, 0.5) is 5.69 Å². The van der Waals surface area contributed by atoms with E-state index in [1.54, 1.807) is 42.2 Å². The van der Waals surface area contributed by atoms with Crippen LogP contribution in [0.1, 0.15) is 24.0 Å². The number of nitrogens with zero attached hydrogens (tertiary/aromatic N) is 1. The third kappa shape index (κ3) is 4.43. The molecular weight excluding hydrogens is 364 g/mol. The van der Waals surface area contributed by atoms with Gasteiger partial charge in [-0.05, 0) is 48.7 Å². The van der Waals surface area contributed by atoms with Crippen LogP contribution in [-0.2, 0) is 19.6 Å². The molecule has 2 amide bonds. The maximum absolute atomic E-state index is 12.3. The highest BCUT2D eigenvalue weighted by atomic mass is 32.2. The second kappa shape index (κ2) is 7.75. The zero-order valence-electron chi connectivity index (χ0n) is 14.9. The third-order valence-corrected chi connectivity index (χ3v) is 5.83. The molecule has 0 bridgehead atoms. The van der Waals surface area contributed by atoms with Gasteiger partial charge in [0, 0.05) is 24.7 Å². The summed E-state index contributed by atoms with van der Waals surface area (Å²) in [5, 5.41) is 0. The van der Waals surface area contributed by atoms with Gasteiger partial charge in [-0.1, -0.05) is 30.3 Å². The second-order valence-corrected chi connectivity index (χ2v) is 7.96. The molecule has 1 N–H and O–H groups in total. The van der Waals surface area contributed by atoms with E-state index in [0.29, 0.717) is 18.5 Å². The summed E-state index contributed by atoms with van der Waals surface area (Å²) in [5.74, 6) is -0.615. The molecule has 0 spiro atoms. The molecule has 0 aliphatic carbocycles. The van der Waals surface area contributed by atoms with Crippen molar-refractivity contribution < 1.29 is 18.0 Å². The number of carbonyl (C=O) groups is 2. The lowest BCUT2D eigenvalue weighted by atomic mass is 10.2. The van der Waals surface area contributed by atoms with Crippen LogP contribution in [0.2, 0.25) is 0 Å². The zero-order chi connectivity index (χ0) is 19.4. The molecule has 2 aromatic carbocycles. The van der Waals surface area contributed by atoms with Crippen molar-refractivity contribution in [2.24, 2.45) is 0 Å². The third-order valence-electron chi connectivity index (χ3n) is 4.32. The van der Waals surface area contributed by atoms with Gasteiger partial charge in [0.05, 0.1) is 4.90 Å². The quantitative estimate of drug-likeness (QED) is 0.804. The van der Waals surface area contributed by atoms with Gasteiger partial charge in [-0.25, -0.2) is 13.1 Å². The molecule has 1 aliphatic rings. The molecular formula is C20H20N2O4S. The highest BCUT2D eigenvalue weighted by Crippen LogP contribution is 2.22. The van der Waals surface area contributed by atoms with Crippen LogP contribution in [0.3, 0.4) is 0 Å². The molecule has 1 fully saturated rings. The van der Waals surface area contributed by atoms with Crippen molar-refractivity contribution in [3.8, 4) is 0 Å². The van der Waals surface area contributed by atoms with Crippen molar-refractivity contribution >= 4 is 33.6 Å². The first-order chi connectivity index (χ1) is 12.9. The summed E-state index contributed by atoms with van der Waals surface area (Å²) in [6.07, 6.45) is 4.12. The van der Waals surface area contributed by atoms with Gasteiger partial charge in [-0.2, -0.15) is 0 Å². The van der Waals surface area contributed by atoms with Gasteiger partial charge in [-0.15, -0.1) is 0 Å². The summed E-state index contributed by atoms with van der Waals surface area (Å²) in [4.78, 5) is 25.6. The number of benzene rings is 2. The number of anilines is 1. The lowest BCUT2D eigenvalue weighted by Gasteiger charge is -2.15. The van der Waals surface area contributed by atoms with Gasteiger partial charge in [0.2, 0.25) is 5.91 Å². The molecule has 140 valence electrons. The highest BCUT2D eigenvalue weighted by molar-refractivity contribution is 7.90. The molecule has 0 aromatic heterocycles. The van der Waals surface area contributed by atoms with Gasteiger partial charge in [-0.3, -0.25) is 9.59 Å². The summed E-state index contributed by atoms with van der Waals surface area (Å²) in [6.45, 7) is 2.38. The van der Waals surface area contributed by atoms with Crippen LogP contribution in [0.25, 0.3) is 6.08 Å². The molecule has 27 heavy (non-hydrogen) atoms. The van der Waals surface area contributed by atoms with Crippen molar-refractivity contribution in [3.63, 3.8) is 0 Å². The van der Waals surface area contributed by atoms with E-state index in [1.165, 1.54) is 18.2 Å². The normalized spacial score (nSPS) is 14.7. The first-order valence-electron chi connectivity index (χ1n) is 8.58. The van der Waals surface area contributed by atoms with Gasteiger partial charge in [0.15, 0.2) is 0 Å². The average molecular weight is 384 g/mol. The number of hydrogen-bond acceptors (Lipinski definition) is 4. The summed E-state index contributed by atoms with van der Waals surface area (Å²) in [6, 6.07) is 13.6. The number of carbonyl (C=O) groups excluding carboxylic acids is 2. The van der Waals surface area contributed by atoms with Gasteiger partial charge in [0.1, 0.15) is 0 Å². The van der Waals surface area contributed by atoms with E-state index in [0.717, 1.165) is 17.7 Å². The van der Waals surface area contributed by atoms with Crippen molar-refractivity contribution in [1.29, 1.82) is 0 Å². The monoisotopic (exact) mass is 384 g/mol. The molecule has 1 heterocycles. The summed E-state index contributed by atoms with van der Waals surface area (Å²) < 4.78 is 26.6. The molecule has 3 rings (SSSR count). The summed E-state index contributed by atoms with van der Waals surface area (Å²) in [7, 11) is -3.91. The standard InChI is InChI=1S/C20H20N2O4S/c1-15-5-2-3-6-18(15)27(25,26)21-19(23)13-10-16-8-11-17(12-9-16)22-14-4-7-20(22)24/h2-3,5-6,8-13H,4,7,14H2,1H3,(H,21,23)/b13-10+. The topological polar surface area (TPSA) is 83.6 Å². The average Bonchev–Trinajstić information content (AvgIpc) is 3.06. The first kappa shape index (κ1) is 18.8. The number of sulfonamides is 1. The van der Waals surface area contributed by atoms with Gasteiger partial charge >= 0.3 is 0 Å². The van der Waals surface area contributed by atoms with Crippen molar-refractivity contribution in [1.82, 2.24) is 4.72 Å². The fourth-order valence-corrected chi connectivity index (χ4v) is 4.13.